The molecular formula is C11H12ClN3O. The van der Waals surface area contributed by atoms with E-state index >= 15 is 0 Å². The number of carbonyl (C=O) groups excluding carboxylic acids is 1. The maximum Gasteiger partial charge on any atom is 0.250 e. The Morgan fingerprint density at radius 2 is 2.25 bits per heavy atom. The number of rotatable bonds is 2. The van der Waals surface area contributed by atoms with E-state index in [9.17, 15) is 4.79 Å². The third-order valence-corrected chi connectivity index (χ3v) is 2.70. The first-order valence-corrected chi connectivity index (χ1v) is 5.47. The van der Waals surface area contributed by atoms with Crippen molar-refractivity contribution in [2.75, 3.05) is 0 Å². The van der Waals surface area contributed by atoms with E-state index in [0.717, 1.165) is 0 Å². The predicted octanol–water partition coefficient (Wildman–Crippen LogP) is 1.64. The first-order valence-electron chi connectivity index (χ1n) is 5.09. The highest BCUT2D eigenvalue weighted by molar-refractivity contribution is 6.34. The van der Waals surface area contributed by atoms with Crippen LogP contribution in [0, 0.1) is 5.92 Å². The highest BCUT2D eigenvalue weighted by atomic mass is 35.5. The number of pyridine rings is 1. The van der Waals surface area contributed by atoms with Crippen LogP contribution >= 0.6 is 11.6 Å². The molecule has 0 fully saturated rings. The van der Waals surface area contributed by atoms with Crippen molar-refractivity contribution in [3.63, 3.8) is 0 Å². The van der Waals surface area contributed by atoms with E-state index in [1.165, 1.54) is 0 Å². The highest BCUT2D eigenvalue weighted by Crippen LogP contribution is 2.18. The molecule has 0 saturated heterocycles. The molecule has 1 N–H and O–H groups in total. The molecule has 1 aliphatic rings. The summed E-state index contributed by atoms with van der Waals surface area (Å²) in [4.78, 5) is 20.0. The minimum absolute atomic E-state index is 0.0910. The Morgan fingerprint density at radius 3 is 2.81 bits per heavy atom. The van der Waals surface area contributed by atoms with Gasteiger partial charge in [-0.15, -0.1) is 0 Å². The Labute approximate surface area is 98.7 Å². The van der Waals surface area contributed by atoms with Gasteiger partial charge in [-0.2, -0.15) is 0 Å². The van der Waals surface area contributed by atoms with Gasteiger partial charge in [-0.1, -0.05) is 25.4 Å². The smallest absolute Gasteiger partial charge is 0.250 e. The molecule has 1 aliphatic heterocycles. The third-order valence-electron chi connectivity index (χ3n) is 2.39. The molecule has 0 bridgehead atoms. The van der Waals surface area contributed by atoms with Crippen LogP contribution in [0.15, 0.2) is 23.3 Å². The average molecular weight is 238 g/mol. The lowest BCUT2D eigenvalue weighted by Gasteiger charge is -2.06. The molecule has 1 amide bonds. The molecule has 1 aromatic heterocycles. The van der Waals surface area contributed by atoms with Crippen molar-refractivity contribution in [3.8, 4) is 0 Å². The fourth-order valence-corrected chi connectivity index (χ4v) is 1.76. The highest BCUT2D eigenvalue weighted by Gasteiger charge is 2.30. The quantitative estimate of drug-likeness (QED) is 0.850. The molecule has 1 atom stereocenters. The van der Waals surface area contributed by atoms with Crippen molar-refractivity contribution in [3.05, 3.63) is 29.0 Å². The van der Waals surface area contributed by atoms with Crippen LogP contribution in [0.3, 0.4) is 0 Å². The lowest BCUT2D eigenvalue weighted by molar-refractivity contribution is -0.120. The first-order chi connectivity index (χ1) is 7.59. The van der Waals surface area contributed by atoms with E-state index < -0.39 is 0 Å². The molecule has 2 heterocycles. The van der Waals surface area contributed by atoms with E-state index in [1.54, 1.807) is 18.3 Å². The number of nitrogens with zero attached hydrogens (tertiary/aromatic N) is 2. The summed E-state index contributed by atoms with van der Waals surface area (Å²) in [6.45, 7) is 3.91. The van der Waals surface area contributed by atoms with Gasteiger partial charge in [-0.3, -0.25) is 14.8 Å². The fourth-order valence-electron chi connectivity index (χ4n) is 1.55. The number of hydrogen-bond acceptors (Lipinski definition) is 3. The van der Waals surface area contributed by atoms with Crippen molar-refractivity contribution >= 4 is 23.3 Å². The van der Waals surface area contributed by atoms with Crippen LogP contribution in [0.5, 0.6) is 0 Å². The number of hydrogen-bond donors (Lipinski definition) is 1. The number of aromatic nitrogens is 1. The Hall–Kier alpha value is -1.42. The number of nitrogens with one attached hydrogen (secondary N) is 1. The van der Waals surface area contributed by atoms with Gasteiger partial charge in [0, 0.05) is 6.20 Å². The van der Waals surface area contributed by atoms with Gasteiger partial charge < -0.3 is 5.32 Å². The number of aliphatic imine (C=N–C) groups is 1. The fraction of sp³-hybridized carbons (Fsp3) is 0.364. The number of amides is 1. The summed E-state index contributed by atoms with van der Waals surface area (Å²) < 4.78 is 0. The van der Waals surface area contributed by atoms with Crippen LogP contribution in [0.25, 0.3) is 0 Å². The molecule has 0 aromatic carbocycles. The molecule has 4 nitrogen and oxygen atoms in total. The molecular weight excluding hydrogens is 226 g/mol. The van der Waals surface area contributed by atoms with Gasteiger partial charge in [0.15, 0.2) is 5.84 Å². The summed E-state index contributed by atoms with van der Waals surface area (Å²) in [5.74, 6) is 0.543. The maximum atomic E-state index is 11.6. The van der Waals surface area contributed by atoms with Crippen LogP contribution in [0.2, 0.25) is 5.02 Å². The van der Waals surface area contributed by atoms with Crippen LogP contribution in [0.1, 0.15) is 19.5 Å². The zero-order chi connectivity index (χ0) is 11.7. The van der Waals surface area contributed by atoms with Crippen LogP contribution in [0.4, 0.5) is 0 Å². The van der Waals surface area contributed by atoms with Gasteiger partial charge in [0.05, 0.1) is 5.02 Å². The average Bonchev–Trinajstić information content (AvgIpc) is 2.61. The van der Waals surface area contributed by atoms with Crippen molar-refractivity contribution in [2.24, 2.45) is 10.9 Å². The molecule has 0 aliphatic carbocycles. The van der Waals surface area contributed by atoms with E-state index in [2.05, 4.69) is 15.3 Å². The summed E-state index contributed by atoms with van der Waals surface area (Å²) in [6, 6.07) is 3.12. The van der Waals surface area contributed by atoms with E-state index in [4.69, 9.17) is 11.6 Å². The summed E-state index contributed by atoms with van der Waals surface area (Å²) in [5, 5.41) is 3.20. The number of halogens is 1. The lowest BCUT2D eigenvalue weighted by atomic mass is 10.1. The second-order valence-electron chi connectivity index (χ2n) is 3.99. The van der Waals surface area contributed by atoms with Crippen molar-refractivity contribution in [2.45, 2.75) is 19.9 Å². The van der Waals surface area contributed by atoms with Crippen molar-refractivity contribution in [1.29, 1.82) is 0 Å². The molecule has 16 heavy (non-hydrogen) atoms. The normalized spacial score (nSPS) is 19.9. The van der Waals surface area contributed by atoms with Gasteiger partial charge >= 0.3 is 0 Å². The van der Waals surface area contributed by atoms with Crippen molar-refractivity contribution in [1.82, 2.24) is 10.3 Å². The summed E-state index contributed by atoms with van der Waals surface area (Å²) in [6.07, 6.45) is 1.62. The lowest BCUT2D eigenvalue weighted by Crippen LogP contribution is -2.31. The molecule has 1 unspecified atom stereocenters. The second-order valence-corrected chi connectivity index (χ2v) is 4.40. The van der Waals surface area contributed by atoms with Gasteiger partial charge in [0.1, 0.15) is 11.7 Å². The molecule has 0 spiro atoms. The number of carbonyl (C=O) groups is 1. The Balaban J connectivity index is 2.34. The summed E-state index contributed by atoms with van der Waals surface area (Å²) in [5.41, 5.74) is 0.528. The van der Waals surface area contributed by atoms with Gasteiger partial charge in [-0.05, 0) is 18.1 Å². The van der Waals surface area contributed by atoms with Crippen LogP contribution < -0.4 is 5.32 Å². The van der Waals surface area contributed by atoms with Crippen molar-refractivity contribution < 1.29 is 4.79 Å². The standard InChI is InChI=1S/C11H12ClN3O/c1-6(2)8-11(16)15-10(14-8)9-7(12)4-3-5-13-9/h3-6,8H,1-2H3,(H,14,15,16). The monoisotopic (exact) mass is 237 g/mol. The Morgan fingerprint density at radius 1 is 1.50 bits per heavy atom. The zero-order valence-corrected chi connectivity index (χ0v) is 9.82. The minimum atomic E-state index is -0.340. The summed E-state index contributed by atoms with van der Waals surface area (Å²) >= 11 is 5.98. The topological polar surface area (TPSA) is 54.4 Å². The minimum Gasteiger partial charge on any atom is -0.307 e. The molecule has 5 heteroatoms. The largest absolute Gasteiger partial charge is 0.307 e. The van der Waals surface area contributed by atoms with Gasteiger partial charge in [-0.25, -0.2) is 0 Å². The molecule has 84 valence electrons. The maximum absolute atomic E-state index is 11.6. The molecule has 0 radical (unpaired) electrons. The number of amidine groups is 1. The zero-order valence-electron chi connectivity index (χ0n) is 9.07. The predicted molar refractivity (Wildman–Crippen MR) is 62.6 cm³/mol. The van der Waals surface area contributed by atoms with Crippen LogP contribution in [-0.2, 0) is 4.79 Å². The first kappa shape index (κ1) is 11.1. The summed E-state index contributed by atoms with van der Waals surface area (Å²) in [7, 11) is 0. The van der Waals surface area contributed by atoms with E-state index in [0.29, 0.717) is 16.6 Å². The second kappa shape index (κ2) is 4.22. The van der Waals surface area contributed by atoms with Gasteiger partial charge in [0.25, 0.3) is 5.91 Å². The van der Waals surface area contributed by atoms with Crippen LogP contribution in [-0.4, -0.2) is 22.8 Å². The van der Waals surface area contributed by atoms with E-state index in [-0.39, 0.29) is 17.9 Å². The van der Waals surface area contributed by atoms with Gasteiger partial charge in [0.2, 0.25) is 0 Å². The molecule has 2 rings (SSSR count). The molecule has 0 saturated carbocycles. The van der Waals surface area contributed by atoms with E-state index in [1.807, 2.05) is 13.8 Å². The molecule has 1 aromatic rings. The Bertz CT molecular complexity index is 456. The Kier molecular flexibility index (Phi) is 2.92. The third kappa shape index (κ3) is 1.93. The SMILES string of the molecule is CC(C)C1N=C(c2ncccc2Cl)NC1=O.